The van der Waals surface area contributed by atoms with Crippen LogP contribution in [0.4, 0.5) is 5.82 Å². The Hall–Kier alpha value is -1.49. The van der Waals surface area contributed by atoms with E-state index in [1.807, 2.05) is 6.07 Å². The van der Waals surface area contributed by atoms with Crippen molar-refractivity contribution in [3.8, 4) is 0 Å². The van der Waals surface area contributed by atoms with Crippen LogP contribution in [0.25, 0.3) is 0 Å². The van der Waals surface area contributed by atoms with Crippen LogP contribution in [0.3, 0.4) is 0 Å². The van der Waals surface area contributed by atoms with Crippen LogP contribution in [0, 0.1) is 0 Å². The van der Waals surface area contributed by atoms with Gasteiger partial charge >= 0.3 is 0 Å². The molecule has 1 aliphatic rings. The molecule has 16 heavy (non-hydrogen) atoms. The number of carbonyl (C=O) groups is 1. The molecule has 0 bridgehead atoms. The van der Waals surface area contributed by atoms with E-state index in [0.29, 0.717) is 24.5 Å². The maximum Gasteiger partial charge on any atom is 0.221 e. The fourth-order valence-corrected chi connectivity index (χ4v) is 1.57. The SMILES string of the molecule is O=C(CCCCl)NC1N=Nc2ncccc21. The highest BCUT2D eigenvalue weighted by Crippen LogP contribution is 2.31. The number of hydrogen-bond donors (Lipinski definition) is 1. The highest BCUT2D eigenvalue weighted by Gasteiger charge is 2.22. The van der Waals surface area contributed by atoms with E-state index in [0.717, 1.165) is 5.56 Å². The molecule has 1 aromatic rings. The first-order valence-corrected chi connectivity index (χ1v) is 5.56. The topological polar surface area (TPSA) is 66.7 Å². The summed E-state index contributed by atoms with van der Waals surface area (Å²) in [7, 11) is 0. The monoisotopic (exact) mass is 238 g/mol. The third-order valence-electron chi connectivity index (χ3n) is 2.21. The van der Waals surface area contributed by atoms with Crippen molar-refractivity contribution in [1.29, 1.82) is 0 Å². The zero-order chi connectivity index (χ0) is 11.4. The molecule has 0 fully saturated rings. The minimum absolute atomic E-state index is 0.0682. The van der Waals surface area contributed by atoms with Crippen molar-refractivity contribution in [2.75, 3.05) is 5.88 Å². The Bertz CT molecular complexity index is 421. The lowest BCUT2D eigenvalue weighted by Crippen LogP contribution is -2.26. The molecule has 84 valence electrons. The van der Waals surface area contributed by atoms with E-state index in [1.165, 1.54) is 0 Å². The van der Waals surface area contributed by atoms with Crippen LogP contribution in [0.1, 0.15) is 24.6 Å². The second kappa shape index (κ2) is 5.03. The van der Waals surface area contributed by atoms with Crippen molar-refractivity contribution in [2.24, 2.45) is 10.2 Å². The van der Waals surface area contributed by atoms with E-state index in [4.69, 9.17) is 11.6 Å². The summed E-state index contributed by atoms with van der Waals surface area (Å²) in [6, 6.07) is 3.65. The average molecular weight is 239 g/mol. The first kappa shape index (κ1) is 11.0. The fourth-order valence-electron chi connectivity index (χ4n) is 1.44. The molecule has 1 N–H and O–H groups in total. The number of azo groups is 1. The molecule has 0 aliphatic carbocycles. The number of halogens is 1. The van der Waals surface area contributed by atoms with Gasteiger partial charge in [0.1, 0.15) is 0 Å². The predicted octanol–water partition coefficient (Wildman–Crippen LogP) is 2.31. The number of aromatic nitrogens is 1. The van der Waals surface area contributed by atoms with E-state index < -0.39 is 6.17 Å². The summed E-state index contributed by atoms with van der Waals surface area (Å²) in [6.45, 7) is 0. The molecule has 1 amide bonds. The summed E-state index contributed by atoms with van der Waals surface area (Å²) >= 11 is 5.51. The molecule has 1 atom stereocenters. The molecule has 0 radical (unpaired) electrons. The number of alkyl halides is 1. The molecule has 1 unspecified atom stereocenters. The van der Waals surface area contributed by atoms with Crippen molar-refractivity contribution < 1.29 is 4.79 Å². The fraction of sp³-hybridized carbons (Fsp3) is 0.400. The predicted molar refractivity (Wildman–Crippen MR) is 59.6 cm³/mol. The van der Waals surface area contributed by atoms with Crippen molar-refractivity contribution in [3.05, 3.63) is 23.9 Å². The lowest BCUT2D eigenvalue weighted by molar-refractivity contribution is -0.121. The van der Waals surface area contributed by atoms with Crippen molar-refractivity contribution in [2.45, 2.75) is 19.0 Å². The van der Waals surface area contributed by atoms with Crippen LogP contribution in [0.5, 0.6) is 0 Å². The normalized spacial score (nSPS) is 17.2. The number of rotatable bonds is 4. The molecule has 1 aliphatic heterocycles. The maximum atomic E-state index is 11.5. The van der Waals surface area contributed by atoms with Gasteiger partial charge in [0.2, 0.25) is 5.91 Å². The van der Waals surface area contributed by atoms with E-state index in [1.54, 1.807) is 12.3 Å². The second-order valence-electron chi connectivity index (χ2n) is 3.39. The van der Waals surface area contributed by atoms with Crippen molar-refractivity contribution in [3.63, 3.8) is 0 Å². The third kappa shape index (κ3) is 2.36. The third-order valence-corrected chi connectivity index (χ3v) is 2.48. The van der Waals surface area contributed by atoms with E-state index >= 15 is 0 Å². The van der Waals surface area contributed by atoms with Gasteiger partial charge in [0.25, 0.3) is 0 Å². The number of nitrogens with one attached hydrogen (secondary N) is 1. The molecule has 0 aromatic carbocycles. The molecule has 0 saturated heterocycles. The highest BCUT2D eigenvalue weighted by atomic mass is 35.5. The quantitative estimate of drug-likeness (QED) is 0.818. The Morgan fingerprint density at radius 3 is 3.25 bits per heavy atom. The van der Waals surface area contributed by atoms with Gasteiger partial charge in [0, 0.05) is 24.1 Å². The molecule has 2 rings (SSSR count). The number of nitrogens with zero attached hydrogens (tertiary/aromatic N) is 3. The molecule has 0 spiro atoms. The summed E-state index contributed by atoms with van der Waals surface area (Å²) in [5.74, 6) is 0.990. The lowest BCUT2D eigenvalue weighted by atomic mass is 10.2. The number of amides is 1. The summed E-state index contributed by atoms with van der Waals surface area (Å²) < 4.78 is 0. The van der Waals surface area contributed by atoms with Gasteiger partial charge < -0.3 is 5.32 Å². The van der Waals surface area contributed by atoms with Gasteiger partial charge in [-0.2, -0.15) is 5.11 Å². The smallest absolute Gasteiger partial charge is 0.221 e. The van der Waals surface area contributed by atoms with Crippen molar-refractivity contribution in [1.82, 2.24) is 10.3 Å². The first-order chi connectivity index (χ1) is 7.81. The molecule has 0 saturated carbocycles. The van der Waals surface area contributed by atoms with Crippen LogP contribution in [-0.4, -0.2) is 16.8 Å². The zero-order valence-corrected chi connectivity index (χ0v) is 9.31. The number of pyridine rings is 1. The van der Waals surface area contributed by atoms with E-state index in [-0.39, 0.29) is 5.91 Å². The van der Waals surface area contributed by atoms with E-state index in [9.17, 15) is 4.79 Å². The number of carbonyl (C=O) groups excluding carboxylic acids is 1. The first-order valence-electron chi connectivity index (χ1n) is 5.02. The minimum atomic E-state index is -0.397. The molecule has 2 heterocycles. The Morgan fingerprint density at radius 1 is 1.56 bits per heavy atom. The Balaban J connectivity index is 1.98. The largest absolute Gasteiger partial charge is 0.329 e. The Morgan fingerprint density at radius 2 is 2.44 bits per heavy atom. The zero-order valence-electron chi connectivity index (χ0n) is 8.56. The summed E-state index contributed by atoms with van der Waals surface area (Å²) in [6.07, 6.45) is 2.32. The molecule has 5 nitrogen and oxygen atoms in total. The summed E-state index contributed by atoms with van der Waals surface area (Å²) in [4.78, 5) is 15.5. The molecule has 1 aromatic heterocycles. The van der Waals surface area contributed by atoms with Crippen LogP contribution >= 0.6 is 11.6 Å². The van der Waals surface area contributed by atoms with E-state index in [2.05, 4.69) is 20.5 Å². The van der Waals surface area contributed by atoms with Gasteiger partial charge in [-0.1, -0.05) is 0 Å². The minimum Gasteiger partial charge on any atom is -0.329 e. The average Bonchev–Trinajstić information content (AvgIpc) is 2.70. The van der Waals surface area contributed by atoms with Crippen LogP contribution in [0.2, 0.25) is 0 Å². The van der Waals surface area contributed by atoms with Gasteiger partial charge in [-0.3, -0.25) is 4.79 Å². The van der Waals surface area contributed by atoms with Crippen molar-refractivity contribution >= 4 is 23.3 Å². The highest BCUT2D eigenvalue weighted by molar-refractivity contribution is 6.17. The van der Waals surface area contributed by atoms with Crippen LogP contribution < -0.4 is 5.32 Å². The maximum absolute atomic E-state index is 11.5. The summed E-state index contributed by atoms with van der Waals surface area (Å²) in [5, 5.41) is 10.6. The van der Waals surface area contributed by atoms with Crippen LogP contribution in [0.15, 0.2) is 28.6 Å². The Kier molecular flexibility index (Phi) is 3.46. The van der Waals surface area contributed by atoms with Gasteiger partial charge in [0.05, 0.1) is 0 Å². The molecule has 6 heteroatoms. The molecular weight excluding hydrogens is 228 g/mol. The number of fused-ring (bicyclic) bond motifs is 1. The van der Waals surface area contributed by atoms with Gasteiger partial charge in [-0.05, 0) is 18.6 Å². The Labute approximate surface area is 97.9 Å². The molecular formula is C10H11ClN4O. The van der Waals surface area contributed by atoms with Gasteiger partial charge in [0.15, 0.2) is 12.0 Å². The van der Waals surface area contributed by atoms with Crippen LogP contribution in [-0.2, 0) is 4.79 Å². The lowest BCUT2D eigenvalue weighted by Gasteiger charge is -2.09. The standard InChI is InChI=1S/C10H11ClN4O/c11-5-1-4-8(16)13-10-7-3-2-6-12-9(7)14-15-10/h2-3,6,10H,1,4-5H2,(H,13,16). The van der Waals surface area contributed by atoms with Gasteiger partial charge in [-0.25, -0.2) is 4.98 Å². The summed E-state index contributed by atoms with van der Waals surface area (Å²) in [5.41, 5.74) is 0.835. The number of hydrogen-bond acceptors (Lipinski definition) is 4. The van der Waals surface area contributed by atoms with Gasteiger partial charge in [-0.15, -0.1) is 16.7 Å². The second-order valence-corrected chi connectivity index (χ2v) is 3.77.